The number of carbonyl (C=O) groups excluding carboxylic acids is 1. The molecule has 0 spiro atoms. The largest absolute Gasteiger partial charge is 0.507 e. The van der Waals surface area contributed by atoms with Crippen LogP contribution in [0, 0.1) is 0 Å². The van der Waals surface area contributed by atoms with Crippen molar-refractivity contribution in [1.29, 1.82) is 0 Å². The Bertz CT molecular complexity index is 323. The molecule has 1 aromatic rings. The number of phenolic OH excluding ortho intramolecular Hbond substituents is 1. The summed E-state index contributed by atoms with van der Waals surface area (Å²) >= 11 is 0. The van der Waals surface area contributed by atoms with E-state index in [9.17, 15) is 9.90 Å². The number of carbonyl (C=O) groups is 1. The number of rotatable bonds is 6. The van der Waals surface area contributed by atoms with E-state index in [1.54, 1.807) is 18.2 Å². The summed E-state index contributed by atoms with van der Waals surface area (Å²) in [6, 6.07) is 5.00. The fourth-order valence-corrected chi connectivity index (χ4v) is 1.36. The Labute approximate surface area is 90.1 Å². The van der Waals surface area contributed by atoms with Gasteiger partial charge in [-0.25, -0.2) is 0 Å². The van der Waals surface area contributed by atoms with Gasteiger partial charge in [-0.05, 0) is 18.6 Å². The summed E-state index contributed by atoms with van der Waals surface area (Å²) in [4.78, 5) is 10.5. The predicted molar refractivity (Wildman–Crippen MR) is 61.5 cm³/mol. The van der Waals surface area contributed by atoms with Gasteiger partial charge in [0.1, 0.15) is 5.75 Å². The van der Waals surface area contributed by atoms with Gasteiger partial charge in [0.25, 0.3) is 0 Å². The van der Waals surface area contributed by atoms with Gasteiger partial charge < -0.3 is 10.4 Å². The van der Waals surface area contributed by atoms with Crippen molar-refractivity contribution >= 4 is 12.0 Å². The molecule has 0 saturated heterocycles. The maximum absolute atomic E-state index is 10.5. The molecule has 0 aromatic heterocycles. The fourth-order valence-electron chi connectivity index (χ4n) is 1.36. The third kappa shape index (κ3) is 3.62. The van der Waals surface area contributed by atoms with Crippen LogP contribution < -0.4 is 5.32 Å². The highest BCUT2D eigenvalue weighted by Gasteiger charge is 2.00. The summed E-state index contributed by atoms with van der Waals surface area (Å²) in [6.45, 7) is 3.05. The topological polar surface area (TPSA) is 49.3 Å². The minimum absolute atomic E-state index is 0.0329. The van der Waals surface area contributed by atoms with Gasteiger partial charge in [-0.1, -0.05) is 19.8 Å². The van der Waals surface area contributed by atoms with E-state index in [0.29, 0.717) is 11.8 Å². The second-order valence-electron chi connectivity index (χ2n) is 3.53. The first-order chi connectivity index (χ1) is 7.27. The summed E-state index contributed by atoms with van der Waals surface area (Å²) in [5.41, 5.74) is 1.18. The van der Waals surface area contributed by atoms with Crippen LogP contribution in [0.5, 0.6) is 5.75 Å². The molecule has 1 rings (SSSR count). The van der Waals surface area contributed by atoms with E-state index in [1.807, 2.05) is 0 Å². The van der Waals surface area contributed by atoms with Crippen molar-refractivity contribution in [2.75, 3.05) is 11.9 Å². The van der Waals surface area contributed by atoms with Gasteiger partial charge in [0.05, 0.1) is 5.56 Å². The van der Waals surface area contributed by atoms with E-state index in [0.717, 1.165) is 18.7 Å². The second-order valence-corrected chi connectivity index (χ2v) is 3.53. The summed E-state index contributed by atoms with van der Waals surface area (Å²) in [6.07, 6.45) is 4.16. The first-order valence-electron chi connectivity index (χ1n) is 5.30. The lowest BCUT2D eigenvalue weighted by atomic mass is 10.2. The number of unbranched alkanes of at least 4 members (excludes halogenated alkanes) is 2. The highest BCUT2D eigenvalue weighted by molar-refractivity contribution is 5.80. The first-order valence-corrected chi connectivity index (χ1v) is 5.30. The number of aldehydes is 1. The number of hydrogen-bond donors (Lipinski definition) is 2. The summed E-state index contributed by atoms with van der Waals surface area (Å²) in [7, 11) is 0. The van der Waals surface area contributed by atoms with Crippen molar-refractivity contribution in [3.05, 3.63) is 23.8 Å². The van der Waals surface area contributed by atoms with Gasteiger partial charge in [-0.3, -0.25) is 4.79 Å². The minimum atomic E-state index is 0.0329. The molecule has 3 nitrogen and oxygen atoms in total. The average molecular weight is 207 g/mol. The lowest BCUT2D eigenvalue weighted by Crippen LogP contribution is -2.01. The molecule has 0 unspecified atom stereocenters. The zero-order valence-electron chi connectivity index (χ0n) is 8.99. The van der Waals surface area contributed by atoms with Gasteiger partial charge in [0.2, 0.25) is 0 Å². The van der Waals surface area contributed by atoms with Crippen LogP contribution in [0.2, 0.25) is 0 Å². The van der Waals surface area contributed by atoms with Crippen LogP contribution in [-0.2, 0) is 0 Å². The Morgan fingerprint density at radius 3 is 2.80 bits per heavy atom. The first kappa shape index (κ1) is 11.6. The molecular formula is C12H17NO2. The number of hydrogen-bond acceptors (Lipinski definition) is 3. The van der Waals surface area contributed by atoms with E-state index in [4.69, 9.17) is 0 Å². The number of nitrogens with one attached hydrogen (secondary N) is 1. The molecule has 0 saturated carbocycles. The van der Waals surface area contributed by atoms with E-state index in [1.165, 1.54) is 12.8 Å². The Morgan fingerprint density at radius 2 is 2.20 bits per heavy atom. The van der Waals surface area contributed by atoms with E-state index in [2.05, 4.69) is 12.2 Å². The summed E-state index contributed by atoms with van der Waals surface area (Å²) in [5.74, 6) is 0.0329. The lowest BCUT2D eigenvalue weighted by Gasteiger charge is -2.06. The maximum Gasteiger partial charge on any atom is 0.153 e. The van der Waals surface area contributed by atoms with E-state index >= 15 is 0 Å². The summed E-state index contributed by atoms with van der Waals surface area (Å²) in [5, 5.41) is 12.6. The molecule has 0 bridgehead atoms. The van der Waals surface area contributed by atoms with Crippen molar-refractivity contribution in [2.45, 2.75) is 26.2 Å². The van der Waals surface area contributed by atoms with Crippen molar-refractivity contribution < 1.29 is 9.90 Å². The Hall–Kier alpha value is -1.51. The van der Waals surface area contributed by atoms with E-state index < -0.39 is 0 Å². The second kappa shape index (κ2) is 6.06. The molecule has 0 fully saturated rings. The van der Waals surface area contributed by atoms with Crippen LogP contribution >= 0.6 is 0 Å². The van der Waals surface area contributed by atoms with Crippen LogP contribution in [0.1, 0.15) is 36.5 Å². The summed E-state index contributed by atoms with van der Waals surface area (Å²) < 4.78 is 0. The number of anilines is 1. The molecule has 0 radical (unpaired) electrons. The third-order valence-corrected chi connectivity index (χ3v) is 2.27. The van der Waals surface area contributed by atoms with Crippen molar-refractivity contribution in [3.63, 3.8) is 0 Å². The zero-order valence-corrected chi connectivity index (χ0v) is 8.99. The molecule has 0 atom stereocenters. The molecule has 82 valence electrons. The third-order valence-electron chi connectivity index (χ3n) is 2.27. The molecule has 0 aliphatic heterocycles. The van der Waals surface area contributed by atoms with Crippen LogP contribution in [0.15, 0.2) is 18.2 Å². The zero-order chi connectivity index (χ0) is 11.1. The molecule has 1 aromatic carbocycles. The standard InChI is InChI=1S/C12H17NO2/c1-2-3-4-7-13-11-6-5-10(9-14)12(15)8-11/h5-6,8-9,13,15H,2-4,7H2,1H3. The number of benzene rings is 1. The molecule has 0 aliphatic rings. The molecule has 0 heterocycles. The lowest BCUT2D eigenvalue weighted by molar-refractivity contribution is 0.112. The molecule has 0 amide bonds. The van der Waals surface area contributed by atoms with E-state index in [-0.39, 0.29) is 5.75 Å². The number of aromatic hydroxyl groups is 1. The SMILES string of the molecule is CCCCCNc1ccc(C=O)c(O)c1. The monoisotopic (exact) mass is 207 g/mol. The van der Waals surface area contributed by atoms with Crippen LogP contribution in [0.25, 0.3) is 0 Å². The Morgan fingerprint density at radius 1 is 1.40 bits per heavy atom. The van der Waals surface area contributed by atoms with Gasteiger partial charge in [0, 0.05) is 18.3 Å². The Kier molecular flexibility index (Phi) is 4.68. The highest BCUT2D eigenvalue weighted by atomic mass is 16.3. The van der Waals surface area contributed by atoms with Crippen molar-refractivity contribution in [3.8, 4) is 5.75 Å². The molecule has 0 aliphatic carbocycles. The molecule has 3 heteroatoms. The van der Waals surface area contributed by atoms with Gasteiger partial charge >= 0.3 is 0 Å². The van der Waals surface area contributed by atoms with Gasteiger partial charge in [-0.2, -0.15) is 0 Å². The molecular weight excluding hydrogens is 190 g/mol. The predicted octanol–water partition coefficient (Wildman–Crippen LogP) is 2.81. The average Bonchev–Trinajstić information content (AvgIpc) is 2.25. The van der Waals surface area contributed by atoms with Crippen molar-refractivity contribution in [1.82, 2.24) is 0 Å². The minimum Gasteiger partial charge on any atom is -0.507 e. The molecule has 15 heavy (non-hydrogen) atoms. The maximum atomic E-state index is 10.5. The van der Waals surface area contributed by atoms with Crippen LogP contribution in [0.4, 0.5) is 5.69 Å². The quantitative estimate of drug-likeness (QED) is 0.557. The fraction of sp³-hybridized carbons (Fsp3) is 0.417. The van der Waals surface area contributed by atoms with Crippen molar-refractivity contribution in [2.24, 2.45) is 0 Å². The van der Waals surface area contributed by atoms with Crippen LogP contribution in [-0.4, -0.2) is 17.9 Å². The smallest absolute Gasteiger partial charge is 0.153 e. The van der Waals surface area contributed by atoms with Gasteiger partial charge in [-0.15, -0.1) is 0 Å². The number of phenols is 1. The normalized spacial score (nSPS) is 9.93. The van der Waals surface area contributed by atoms with Gasteiger partial charge in [0.15, 0.2) is 6.29 Å². The highest BCUT2D eigenvalue weighted by Crippen LogP contribution is 2.20. The Balaban J connectivity index is 2.48. The van der Waals surface area contributed by atoms with Crippen LogP contribution in [0.3, 0.4) is 0 Å². The molecule has 2 N–H and O–H groups in total.